The largest absolute Gasteiger partial charge is 0.379 e. The van der Waals surface area contributed by atoms with E-state index in [4.69, 9.17) is 4.74 Å². The molecule has 1 atom stereocenters. The molecule has 0 saturated carbocycles. The second-order valence-electron chi connectivity index (χ2n) is 7.44. The summed E-state index contributed by atoms with van der Waals surface area (Å²) in [6, 6.07) is 9.84. The van der Waals surface area contributed by atoms with Gasteiger partial charge in [0.2, 0.25) is 0 Å². The van der Waals surface area contributed by atoms with Gasteiger partial charge in [-0.25, -0.2) is 9.38 Å². The van der Waals surface area contributed by atoms with Crippen LogP contribution < -0.4 is 15.5 Å². The maximum Gasteiger partial charge on any atom is 0.191 e. The van der Waals surface area contributed by atoms with Gasteiger partial charge in [-0.1, -0.05) is 12.1 Å². The van der Waals surface area contributed by atoms with Crippen LogP contribution in [0, 0.1) is 5.82 Å². The first-order chi connectivity index (χ1) is 14.6. The molecule has 1 aromatic heterocycles. The topological polar surface area (TPSA) is 52.1 Å². The number of rotatable bonds is 8. The van der Waals surface area contributed by atoms with E-state index in [2.05, 4.69) is 38.0 Å². The minimum absolute atomic E-state index is 0. The highest BCUT2D eigenvalue weighted by Crippen LogP contribution is 2.25. The number of ether oxygens (including phenoxy) is 1. The summed E-state index contributed by atoms with van der Waals surface area (Å²) in [6.07, 6.45) is 0. The van der Waals surface area contributed by atoms with Crippen molar-refractivity contribution in [2.75, 3.05) is 58.4 Å². The fraction of sp³-hybridized carbons (Fsp3) is 0.500. The number of anilines is 1. The van der Waals surface area contributed by atoms with Gasteiger partial charge < -0.3 is 20.3 Å². The van der Waals surface area contributed by atoms with Gasteiger partial charge in [0, 0.05) is 45.2 Å². The van der Waals surface area contributed by atoms with Crippen LogP contribution in [0.15, 0.2) is 40.7 Å². The lowest BCUT2D eigenvalue weighted by Gasteiger charge is -2.34. The van der Waals surface area contributed by atoms with Gasteiger partial charge >= 0.3 is 0 Å². The van der Waals surface area contributed by atoms with E-state index in [9.17, 15) is 4.39 Å². The molecular formula is C22H33FIN5OS. The van der Waals surface area contributed by atoms with E-state index in [1.54, 1.807) is 28.4 Å². The Kier molecular flexibility index (Phi) is 11.0. The van der Waals surface area contributed by atoms with E-state index in [0.717, 1.165) is 50.9 Å². The van der Waals surface area contributed by atoms with E-state index in [1.807, 2.05) is 27.1 Å². The third-order valence-electron chi connectivity index (χ3n) is 5.08. The zero-order valence-electron chi connectivity index (χ0n) is 18.4. The number of benzene rings is 1. The van der Waals surface area contributed by atoms with Gasteiger partial charge in [0.25, 0.3) is 0 Å². The Morgan fingerprint density at radius 3 is 2.65 bits per heavy atom. The van der Waals surface area contributed by atoms with Crippen molar-refractivity contribution in [2.24, 2.45) is 4.99 Å². The predicted octanol–water partition coefficient (Wildman–Crippen LogP) is 3.70. The van der Waals surface area contributed by atoms with Crippen LogP contribution in [-0.4, -0.2) is 64.3 Å². The molecule has 172 valence electrons. The Morgan fingerprint density at radius 2 is 2.03 bits per heavy atom. The highest BCUT2D eigenvalue weighted by Gasteiger charge is 2.23. The minimum atomic E-state index is -0.226. The molecule has 1 aromatic carbocycles. The molecule has 0 bridgehead atoms. The molecule has 2 heterocycles. The molecule has 31 heavy (non-hydrogen) atoms. The van der Waals surface area contributed by atoms with Gasteiger partial charge in [0.1, 0.15) is 5.82 Å². The zero-order chi connectivity index (χ0) is 21.3. The summed E-state index contributed by atoms with van der Waals surface area (Å²) in [5, 5.41) is 8.90. The third kappa shape index (κ3) is 7.58. The number of thiophene rings is 1. The first-order valence-electron chi connectivity index (χ1n) is 10.4. The Hall–Kier alpha value is -1.43. The first-order valence-corrected chi connectivity index (χ1v) is 11.3. The summed E-state index contributed by atoms with van der Waals surface area (Å²) in [7, 11) is 3.67. The Labute approximate surface area is 205 Å². The van der Waals surface area contributed by atoms with Crippen molar-refractivity contribution >= 4 is 47.0 Å². The molecule has 1 unspecified atom stereocenters. The second kappa shape index (κ2) is 13.2. The average molecular weight is 562 g/mol. The lowest BCUT2D eigenvalue weighted by Crippen LogP contribution is -2.46. The predicted molar refractivity (Wildman–Crippen MR) is 138 cm³/mol. The van der Waals surface area contributed by atoms with Gasteiger partial charge in [0.05, 0.1) is 31.5 Å². The molecule has 0 amide bonds. The fourth-order valence-corrected chi connectivity index (χ4v) is 4.36. The minimum Gasteiger partial charge on any atom is -0.379 e. The highest BCUT2D eigenvalue weighted by atomic mass is 127. The number of hydrogen-bond donors (Lipinski definition) is 2. The lowest BCUT2D eigenvalue weighted by atomic mass is 10.2. The number of halogens is 2. The van der Waals surface area contributed by atoms with Crippen LogP contribution >= 0.6 is 35.3 Å². The smallest absolute Gasteiger partial charge is 0.191 e. The number of nitrogens with zero attached hydrogens (tertiary/aromatic N) is 3. The fourth-order valence-electron chi connectivity index (χ4n) is 3.50. The highest BCUT2D eigenvalue weighted by molar-refractivity contribution is 14.0. The van der Waals surface area contributed by atoms with E-state index < -0.39 is 0 Å². The number of morpholine rings is 1. The summed E-state index contributed by atoms with van der Waals surface area (Å²) in [5.74, 6) is 0.514. The van der Waals surface area contributed by atoms with Crippen molar-refractivity contribution < 1.29 is 9.13 Å². The number of aliphatic imine (C=N–C) groups is 1. The summed E-state index contributed by atoms with van der Waals surface area (Å²) < 4.78 is 19.8. The van der Waals surface area contributed by atoms with Gasteiger partial charge in [-0.15, -0.1) is 35.3 Å². The summed E-state index contributed by atoms with van der Waals surface area (Å²) >= 11 is 1.78. The maximum absolute atomic E-state index is 14.3. The summed E-state index contributed by atoms with van der Waals surface area (Å²) in [6.45, 7) is 7.36. The van der Waals surface area contributed by atoms with Crippen molar-refractivity contribution in [1.29, 1.82) is 0 Å². The molecule has 1 fully saturated rings. The van der Waals surface area contributed by atoms with Crippen molar-refractivity contribution in [2.45, 2.75) is 19.5 Å². The Morgan fingerprint density at radius 1 is 1.26 bits per heavy atom. The monoisotopic (exact) mass is 561 g/mol. The van der Waals surface area contributed by atoms with E-state index in [1.165, 1.54) is 4.88 Å². The quantitative estimate of drug-likeness (QED) is 0.293. The van der Waals surface area contributed by atoms with Crippen molar-refractivity contribution in [3.63, 3.8) is 0 Å². The normalized spacial score (nSPS) is 15.8. The molecule has 1 aliphatic heterocycles. The number of nitrogens with one attached hydrogen (secondary N) is 2. The first kappa shape index (κ1) is 25.8. The lowest BCUT2D eigenvalue weighted by molar-refractivity contribution is 0.0177. The van der Waals surface area contributed by atoms with Crippen LogP contribution in [0.25, 0.3) is 0 Å². The van der Waals surface area contributed by atoms with Crippen LogP contribution in [0.2, 0.25) is 0 Å². The Bertz CT molecular complexity index is 812. The van der Waals surface area contributed by atoms with Crippen molar-refractivity contribution in [1.82, 2.24) is 15.5 Å². The van der Waals surface area contributed by atoms with E-state index >= 15 is 0 Å². The molecule has 0 radical (unpaired) electrons. The summed E-state index contributed by atoms with van der Waals surface area (Å²) in [4.78, 5) is 10.2. The SMILES string of the molecule is CCNC(=NCc1ccc(N(C)C)c(F)c1)NCC(c1cccs1)N1CCOCC1.I. The maximum atomic E-state index is 14.3. The molecule has 3 rings (SSSR count). The average Bonchev–Trinajstić information content (AvgIpc) is 3.27. The van der Waals surface area contributed by atoms with Crippen molar-refractivity contribution in [3.8, 4) is 0 Å². The van der Waals surface area contributed by atoms with Crippen LogP contribution in [0.1, 0.15) is 23.4 Å². The van der Waals surface area contributed by atoms with Gasteiger partial charge in [-0.05, 0) is 36.1 Å². The molecule has 0 spiro atoms. The molecule has 9 heteroatoms. The molecule has 1 aliphatic rings. The third-order valence-corrected chi connectivity index (χ3v) is 6.05. The van der Waals surface area contributed by atoms with Gasteiger partial charge in [-0.2, -0.15) is 0 Å². The van der Waals surface area contributed by atoms with Crippen LogP contribution in [0.3, 0.4) is 0 Å². The number of hydrogen-bond acceptors (Lipinski definition) is 5. The van der Waals surface area contributed by atoms with E-state index in [0.29, 0.717) is 12.2 Å². The van der Waals surface area contributed by atoms with Crippen LogP contribution in [0.4, 0.5) is 10.1 Å². The zero-order valence-corrected chi connectivity index (χ0v) is 21.6. The van der Waals surface area contributed by atoms with Crippen LogP contribution in [0.5, 0.6) is 0 Å². The van der Waals surface area contributed by atoms with Crippen LogP contribution in [-0.2, 0) is 11.3 Å². The van der Waals surface area contributed by atoms with Gasteiger partial charge in [0.15, 0.2) is 5.96 Å². The van der Waals surface area contributed by atoms with E-state index in [-0.39, 0.29) is 35.8 Å². The molecular weight excluding hydrogens is 528 g/mol. The number of guanidine groups is 1. The summed E-state index contributed by atoms with van der Waals surface area (Å²) in [5.41, 5.74) is 1.43. The Balaban J connectivity index is 0.00000341. The van der Waals surface area contributed by atoms with Crippen molar-refractivity contribution in [3.05, 3.63) is 52.0 Å². The molecule has 2 aromatic rings. The van der Waals surface area contributed by atoms with Gasteiger partial charge in [-0.3, -0.25) is 4.90 Å². The molecule has 0 aliphatic carbocycles. The second-order valence-corrected chi connectivity index (χ2v) is 8.42. The molecule has 1 saturated heterocycles. The molecule has 6 nitrogen and oxygen atoms in total. The standard InChI is InChI=1S/C22H32FN5OS.HI/c1-4-24-22(25-15-17-7-8-19(27(2)3)18(23)14-17)26-16-20(21-6-5-13-30-21)28-9-11-29-12-10-28;/h5-8,13-14,20H,4,9-12,15-16H2,1-3H3,(H2,24,25,26);1H. The molecule has 2 N–H and O–H groups in total.